The van der Waals surface area contributed by atoms with Crippen molar-refractivity contribution in [2.45, 2.75) is 20.0 Å². The molecule has 5 nitrogen and oxygen atoms in total. The van der Waals surface area contributed by atoms with Crippen LogP contribution in [0.1, 0.15) is 13.8 Å². The molecule has 0 rings (SSSR count). The van der Waals surface area contributed by atoms with Crippen molar-refractivity contribution in [3.8, 4) is 0 Å². The molecule has 5 heteroatoms. The molecule has 72 valence electrons. The number of nitrogens with zero attached hydrogens (tertiary/aromatic N) is 1. The lowest BCUT2D eigenvalue weighted by molar-refractivity contribution is 0.0793. The second kappa shape index (κ2) is 6.87. The van der Waals surface area contributed by atoms with Gasteiger partial charge in [-0.1, -0.05) is 0 Å². The van der Waals surface area contributed by atoms with Crippen molar-refractivity contribution in [2.24, 2.45) is 10.8 Å². The maximum atomic E-state index is 5.30. The van der Waals surface area contributed by atoms with Crippen LogP contribution in [0, 0.1) is 0 Å². The topological polar surface area (TPSA) is 71.7 Å². The van der Waals surface area contributed by atoms with Crippen molar-refractivity contribution < 1.29 is 4.74 Å². The number of aliphatic imine (C=N–C) groups is 1. The van der Waals surface area contributed by atoms with E-state index in [4.69, 9.17) is 10.6 Å². The molecule has 0 radical (unpaired) electrons. The second-order valence-electron chi connectivity index (χ2n) is 2.36. The summed E-state index contributed by atoms with van der Waals surface area (Å²) < 4.78 is 5.30. The van der Waals surface area contributed by atoms with E-state index >= 15 is 0 Å². The zero-order valence-electron chi connectivity index (χ0n) is 7.92. The summed E-state index contributed by atoms with van der Waals surface area (Å²) in [7, 11) is 1.66. The van der Waals surface area contributed by atoms with Crippen molar-refractivity contribution in [1.82, 2.24) is 10.7 Å². The van der Waals surface area contributed by atoms with Crippen LogP contribution in [-0.2, 0) is 4.74 Å². The summed E-state index contributed by atoms with van der Waals surface area (Å²) in [6.07, 6.45) is 0.167. The molecule has 4 N–H and O–H groups in total. The predicted molar refractivity (Wildman–Crippen MR) is 49.8 cm³/mol. The van der Waals surface area contributed by atoms with Gasteiger partial charge in [0.15, 0.2) is 0 Å². The number of hydrogen-bond donors (Lipinski definition) is 3. The lowest BCUT2D eigenvalue weighted by Gasteiger charge is -2.13. The quantitative estimate of drug-likeness (QED) is 0.231. The third-order valence-electron chi connectivity index (χ3n) is 1.37. The number of hydrazine groups is 1. The maximum absolute atomic E-state index is 5.30. The molecule has 0 aromatic rings. The molecule has 0 aliphatic heterocycles. The Morgan fingerprint density at radius 2 is 2.33 bits per heavy atom. The van der Waals surface area contributed by atoms with E-state index in [2.05, 4.69) is 15.7 Å². The van der Waals surface area contributed by atoms with E-state index in [1.807, 2.05) is 13.8 Å². The number of rotatable bonds is 4. The molecule has 0 bridgehead atoms. The van der Waals surface area contributed by atoms with Crippen molar-refractivity contribution in [3.63, 3.8) is 0 Å². The van der Waals surface area contributed by atoms with Crippen LogP contribution in [0.15, 0.2) is 4.99 Å². The Bertz CT molecular complexity index is 137. The minimum absolute atomic E-state index is 0.167. The molecule has 0 heterocycles. The lowest BCUT2D eigenvalue weighted by Crippen LogP contribution is -2.44. The highest BCUT2D eigenvalue weighted by Crippen LogP contribution is 1.86. The molecular formula is C7H18N4O. The summed E-state index contributed by atoms with van der Waals surface area (Å²) in [5.41, 5.74) is 2.43. The van der Waals surface area contributed by atoms with Crippen molar-refractivity contribution in [1.29, 1.82) is 0 Å². The third kappa shape index (κ3) is 4.92. The summed E-state index contributed by atoms with van der Waals surface area (Å²) >= 11 is 0. The zero-order chi connectivity index (χ0) is 9.40. The summed E-state index contributed by atoms with van der Waals surface area (Å²) in [5.74, 6) is 5.73. The molecule has 1 unspecified atom stereocenters. The highest BCUT2D eigenvalue weighted by atomic mass is 16.5. The molecule has 0 aromatic heterocycles. The van der Waals surface area contributed by atoms with Crippen LogP contribution in [0.25, 0.3) is 0 Å². The Balaban J connectivity index is 3.52. The SMILES string of the molecule is CCOC(C)CNC(=NC)NN. The van der Waals surface area contributed by atoms with Crippen molar-refractivity contribution >= 4 is 5.96 Å². The summed E-state index contributed by atoms with van der Waals surface area (Å²) in [5, 5.41) is 2.99. The van der Waals surface area contributed by atoms with E-state index < -0.39 is 0 Å². The zero-order valence-corrected chi connectivity index (χ0v) is 7.92. The van der Waals surface area contributed by atoms with Crippen LogP contribution in [0.5, 0.6) is 0 Å². The van der Waals surface area contributed by atoms with Gasteiger partial charge in [0.25, 0.3) is 0 Å². The van der Waals surface area contributed by atoms with Gasteiger partial charge >= 0.3 is 0 Å². The largest absolute Gasteiger partial charge is 0.377 e. The van der Waals surface area contributed by atoms with Crippen LogP contribution < -0.4 is 16.6 Å². The molecule has 12 heavy (non-hydrogen) atoms. The Hall–Kier alpha value is -0.810. The third-order valence-corrected chi connectivity index (χ3v) is 1.37. The monoisotopic (exact) mass is 174 g/mol. The van der Waals surface area contributed by atoms with Gasteiger partial charge in [-0.05, 0) is 13.8 Å². The molecule has 0 aliphatic rings. The van der Waals surface area contributed by atoms with Gasteiger partial charge in [-0.25, -0.2) is 5.84 Å². The molecule has 0 aliphatic carbocycles. The molecule has 0 aromatic carbocycles. The minimum Gasteiger partial charge on any atom is -0.377 e. The van der Waals surface area contributed by atoms with E-state index in [0.717, 1.165) is 6.61 Å². The van der Waals surface area contributed by atoms with Crippen LogP contribution >= 0.6 is 0 Å². The fourth-order valence-electron chi connectivity index (χ4n) is 0.778. The Morgan fingerprint density at radius 3 is 2.75 bits per heavy atom. The first kappa shape index (κ1) is 11.2. The van der Waals surface area contributed by atoms with Gasteiger partial charge in [-0.3, -0.25) is 10.4 Å². The molecule has 0 saturated heterocycles. The van der Waals surface area contributed by atoms with E-state index in [9.17, 15) is 0 Å². The van der Waals surface area contributed by atoms with Gasteiger partial charge < -0.3 is 10.1 Å². The molecule has 0 amide bonds. The number of ether oxygens (including phenoxy) is 1. The highest BCUT2D eigenvalue weighted by Gasteiger charge is 2.00. The molecular weight excluding hydrogens is 156 g/mol. The van der Waals surface area contributed by atoms with E-state index in [-0.39, 0.29) is 6.10 Å². The molecule has 1 atom stereocenters. The number of nitrogens with one attached hydrogen (secondary N) is 2. The maximum Gasteiger partial charge on any atom is 0.205 e. The summed E-state index contributed by atoms with van der Waals surface area (Å²) in [6.45, 7) is 5.37. The Morgan fingerprint density at radius 1 is 1.67 bits per heavy atom. The number of guanidine groups is 1. The highest BCUT2D eigenvalue weighted by molar-refractivity contribution is 5.78. The van der Waals surface area contributed by atoms with E-state index in [1.54, 1.807) is 7.05 Å². The minimum atomic E-state index is 0.167. The fourth-order valence-corrected chi connectivity index (χ4v) is 0.778. The van der Waals surface area contributed by atoms with Crippen molar-refractivity contribution in [2.75, 3.05) is 20.2 Å². The van der Waals surface area contributed by atoms with Crippen LogP contribution in [0.4, 0.5) is 0 Å². The average molecular weight is 174 g/mol. The smallest absolute Gasteiger partial charge is 0.205 e. The Kier molecular flexibility index (Phi) is 6.41. The lowest BCUT2D eigenvalue weighted by atomic mass is 10.4. The first-order chi connectivity index (χ1) is 5.74. The van der Waals surface area contributed by atoms with Gasteiger partial charge in [-0.2, -0.15) is 0 Å². The van der Waals surface area contributed by atoms with Crippen LogP contribution in [0.2, 0.25) is 0 Å². The number of hydrogen-bond acceptors (Lipinski definition) is 3. The van der Waals surface area contributed by atoms with Gasteiger partial charge in [-0.15, -0.1) is 0 Å². The van der Waals surface area contributed by atoms with Gasteiger partial charge in [0.2, 0.25) is 5.96 Å². The van der Waals surface area contributed by atoms with Crippen LogP contribution in [0.3, 0.4) is 0 Å². The normalized spacial score (nSPS) is 14.2. The molecule has 0 spiro atoms. The summed E-state index contributed by atoms with van der Waals surface area (Å²) in [4.78, 5) is 3.85. The van der Waals surface area contributed by atoms with E-state index in [0.29, 0.717) is 12.5 Å². The molecule has 0 saturated carbocycles. The standard InChI is InChI=1S/C7H18N4O/c1-4-12-6(2)5-10-7(9-3)11-8/h6H,4-5,8H2,1-3H3,(H2,9,10,11). The predicted octanol–water partition coefficient (Wildman–Crippen LogP) is -0.550. The van der Waals surface area contributed by atoms with Crippen LogP contribution in [-0.4, -0.2) is 32.3 Å². The number of nitrogens with two attached hydrogens (primary N) is 1. The first-order valence-corrected chi connectivity index (χ1v) is 4.03. The second-order valence-corrected chi connectivity index (χ2v) is 2.36. The van der Waals surface area contributed by atoms with Crippen molar-refractivity contribution in [3.05, 3.63) is 0 Å². The van der Waals surface area contributed by atoms with E-state index in [1.165, 1.54) is 0 Å². The van der Waals surface area contributed by atoms with Gasteiger partial charge in [0, 0.05) is 20.2 Å². The first-order valence-electron chi connectivity index (χ1n) is 4.03. The Labute approximate surface area is 73.3 Å². The summed E-state index contributed by atoms with van der Waals surface area (Å²) in [6, 6.07) is 0. The van der Waals surface area contributed by atoms with Gasteiger partial charge in [0.1, 0.15) is 0 Å². The molecule has 0 fully saturated rings. The van der Waals surface area contributed by atoms with Gasteiger partial charge in [0.05, 0.1) is 6.10 Å². The average Bonchev–Trinajstić information content (AvgIpc) is 2.07. The fraction of sp³-hybridized carbons (Fsp3) is 0.857.